The standard InChI is InChI=1S/C64H38N4O2/c1-7-27-52-45(20-1)46-21-2-8-28-53(46)64(52,42-34-35-50-49-24-5-11-31-56(49)70-59(50)38-42)63-66-61(40-17-13-16-39(36-40)44-26-15-33-58-60(44)51-25-6-12-32-57(51)69-58)65-62(67-63)41-18-14-19-43(37-41)68-54-29-9-3-22-47(54)48-23-4-10-30-55(48)68/h1-38H. The molecule has 0 fully saturated rings. The number of rotatable bonds is 6. The van der Waals surface area contributed by atoms with Gasteiger partial charge in [-0.3, -0.25) is 0 Å². The number of fused-ring (bicyclic) bond motifs is 12. The predicted molar refractivity (Wildman–Crippen MR) is 282 cm³/mol. The highest BCUT2D eigenvalue weighted by molar-refractivity contribution is 6.13. The van der Waals surface area contributed by atoms with Crippen LogP contribution in [0, 0.1) is 0 Å². The molecule has 0 spiro atoms. The van der Waals surface area contributed by atoms with Crippen LogP contribution in [0.1, 0.15) is 22.5 Å². The third-order valence-electron chi connectivity index (χ3n) is 14.5. The Labute approximate surface area is 401 Å². The van der Waals surface area contributed by atoms with Crippen LogP contribution in [0.4, 0.5) is 0 Å². The second-order valence-electron chi connectivity index (χ2n) is 18.2. The van der Waals surface area contributed by atoms with E-state index >= 15 is 0 Å². The zero-order chi connectivity index (χ0) is 45.9. The minimum atomic E-state index is -0.962. The van der Waals surface area contributed by atoms with Gasteiger partial charge in [0.15, 0.2) is 17.5 Å². The van der Waals surface area contributed by atoms with Gasteiger partial charge >= 0.3 is 0 Å². The Morgan fingerprint density at radius 2 is 0.857 bits per heavy atom. The van der Waals surface area contributed by atoms with E-state index in [0.717, 1.165) is 111 Å². The number of aromatic nitrogens is 4. The molecular weight excluding hydrogens is 857 g/mol. The Bertz CT molecular complexity index is 4360. The monoisotopic (exact) mass is 894 g/mol. The summed E-state index contributed by atoms with van der Waals surface area (Å²) < 4.78 is 15.4. The summed E-state index contributed by atoms with van der Waals surface area (Å²) in [5.74, 6) is 1.76. The van der Waals surface area contributed by atoms with E-state index < -0.39 is 5.41 Å². The van der Waals surface area contributed by atoms with Crippen LogP contribution in [0.25, 0.3) is 116 Å². The molecular formula is C64H38N4O2. The largest absolute Gasteiger partial charge is 0.456 e. The van der Waals surface area contributed by atoms with Gasteiger partial charge in [0.05, 0.1) is 11.0 Å². The zero-order valence-corrected chi connectivity index (χ0v) is 37.5. The van der Waals surface area contributed by atoms with E-state index in [1.807, 2.05) is 30.3 Å². The van der Waals surface area contributed by atoms with Gasteiger partial charge in [0, 0.05) is 49.1 Å². The molecule has 15 rings (SSSR count). The van der Waals surface area contributed by atoms with Crippen molar-refractivity contribution in [1.82, 2.24) is 19.5 Å². The highest BCUT2D eigenvalue weighted by Gasteiger charge is 2.49. The highest BCUT2D eigenvalue weighted by atomic mass is 16.3. The third-order valence-corrected chi connectivity index (χ3v) is 14.5. The van der Waals surface area contributed by atoms with E-state index in [4.69, 9.17) is 23.8 Å². The Balaban J connectivity index is 1.01. The highest BCUT2D eigenvalue weighted by Crippen LogP contribution is 2.56. The first-order valence-electron chi connectivity index (χ1n) is 23.7. The lowest BCUT2D eigenvalue weighted by Crippen LogP contribution is -2.31. The normalized spacial score (nSPS) is 13.0. The van der Waals surface area contributed by atoms with Gasteiger partial charge < -0.3 is 13.4 Å². The van der Waals surface area contributed by atoms with Crippen LogP contribution in [0.15, 0.2) is 239 Å². The molecule has 1 aliphatic carbocycles. The van der Waals surface area contributed by atoms with Crippen molar-refractivity contribution < 1.29 is 8.83 Å². The predicted octanol–water partition coefficient (Wildman–Crippen LogP) is 16.1. The summed E-state index contributed by atoms with van der Waals surface area (Å²) in [7, 11) is 0. The average molecular weight is 895 g/mol. The van der Waals surface area contributed by atoms with Crippen molar-refractivity contribution in [2.24, 2.45) is 0 Å². The second kappa shape index (κ2) is 14.8. The molecule has 0 saturated carbocycles. The van der Waals surface area contributed by atoms with E-state index in [1.165, 1.54) is 10.8 Å². The first kappa shape index (κ1) is 38.7. The van der Waals surface area contributed by atoms with Crippen molar-refractivity contribution in [2.45, 2.75) is 5.41 Å². The molecule has 4 heterocycles. The molecule has 10 aromatic carbocycles. The van der Waals surface area contributed by atoms with E-state index in [2.05, 4.69) is 205 Å². The van der Waals surface area contributed by atoms with Crippen LogP contribution < -0.4 is 0 Å². The molecule has 0 aliphatic heterocycles. The van der Waals surface area contributed by atoms with Gasteiger partial charge in [-0.2, -0.15) is 0 Å². The molecule has 0 N–H and O–H groups in total. The van der Waals surface area contributed by atoms with Gasteiger partial charge in [-0.15, -0.1) is 0 Å². The quantitative estimate of drug-likeness (QED) is 0.166. The third kappa shape index (κ3) is 5.53. The summed E-state index contributed by atoms with van der Waals surface area (Å²) in [5.41, 5.74) is 15.0. The molecule has 4 aromatic heterocycles. The molecule has 6 nitrogen and oxygen atoms in total. The molecule has 6 heteroatoms. The molecule has 0 saturated heterocycles. The van der Waals surface area contributed by atoms with Crippen molar-refractivity contribution >= 4 is 65.7 Å². The summed E-state index contributed by atoms with van der Waals surface area (Å²) in [4.78, 5) is 16.9. The summed E-state index contributed by atoms with van der Waals surface area (Å²) in [5, 5.41) is 6.70. The number of hydrogen-bond acceptors (Lipinski definition) is 5. The van der Waals surface area contributed by atoms with E-state index in [9.17, 15) is 0 Å². The fraction of sp³-hybridized carbons (Fsp3) is 0.0156. The second-order valence-corrected chi connectivity index (χ2v) is 18.2. The molecule has 326 valence electrons. The maximum absolute atomic E-state index is 6.65. The molecule has 14 aromatic rings. The number of hydrogen-bond donors (Lipinski definition) is 0. The Kier molecular flexibility index (Phi) is 8.18. The van der Waals surface area contributed by atoms with Crippen LogP contribution in [0.5, 0.6) is 0 Å². The first-order chi connectivity index (χ1) is 34.7. The first-order valence-corrected chi connectivity index (χ1v) is 23.7. The fourth-order valence-electron chi connectivity index (χ4n) is 11.5. The molecule has 0 bridgehead atoms. The lowest BCUT2D eigenvalue weighted by atomic mass is 9.71. The maximum Gasteiger partial charge on any atom is 0.163 e. The van der Waals surface area contributed by atoms with Crippen LogP contribution in [-0.4, -0.2) is 19.5 Å². The van der Waals surface area contributed by atoms with Crippen molar-refractivity contribution in [3.05, 3.63) is 253 Å². The van der Waals surface area contributed by atoms with Crippen LogP contribution in [-0.2, 0) is 5.41 Å². The topological polar surface area (TPSA) is 69.9 Å². The summed E-state index contributed by atoms with van der Waals surface area (Å²) in [6.45, 7) is 0. The van der Waals surface area contributed by atoms with Crippen molar-refractivity contribution in [3.8, 4) is 50.7 Å². The molecule has 0 radical (unpaired) electrons. The Morgan fingerprint density at radius 3 is 1.59 bits per heavy atom. The van der Waals surface area contributed by atoms with Gasteiger partial charge in [-0.25, -0.2) is 15.0 Å². The van der Waals surface area contributed by atoms with Crippen molar-refractivity contribution in [2.75, 3.05) is 0 Å². The summed E-state index contributed by atoms with van der Waals surface area (Å²) >= 11 is 0. The zero-order valence-electron chi connectivity index (χ0n) is 37.5. The smallest absolute Gasteiger partial charge is 0.163 e. The minimum absolute atomic E-state index is 0.569. The van der Waals surface area contributed by atoms with E-state index in [-0.39, 0.29) is 0 Å². The van der Waals surface area contributed by atoms with Crippen LogP contribution in [0.3, 0.4) is 0 Å². The molecule has 0 amide bonds. The molecule has 70 heavy (non-hydrogen) atoms. The van der Waals surface area contributed by atoms with Gasteiger partial charge in [0.2, 0.25) is 0 Å². The SMILES string of the molecule is c1cc(-c2nc(-c3cccc(-n4c5ccccc5c5ccccc54)c3)nc(C3(c4ccc5c(c4)oc4ccccc45)c4ccccc4-c4ccccc43)n2)cc(-c2cccc3oc4ccccc4c23)c1. The average Bonchev–Trinajstić information content (AvgIpc) is 4.18. The van der Waals surface area contributed by atoms with Gasteiger partial charge in [-0.05, 0) is 93.5 Å². The van der Waals surface area contributed by atoms with Gasteiger partial charge in [0.25, 0.3) is 0 Å². The van der Waals surface area contributed by atoms with Gasteiger partial charge in [0.1, 0.15) is 27.7 Å². The molecule has 0 atom stereocenters. The lowest BCUT2D eigenvalue weighted by molar-refractivity contribution is 0.660. The lowest BCUT2D eigenvalue weighted by Gasteiger charge is -2.32. The maximum atomic E-state index is 6.65. The van der Waals surface area contributed by atoms with Crippen LogP contribution >= 0.6 is 0 Å². The van der Waals surface area contributed by atoms with Crippen molar-refractivity contribution in [3.63, 3.8) is 0 Å². The van der Waals surface area contributed by atoms with Gasteiger partial charge in [-0.1, -0.05) is 176 Å². The molecule has 1 aliphatic rings. The van der Waals surface area contributed by atoms with E-state index in [1.54, 1.807) is 0 Å². The number of para-hydroxylation sites is 4. The minimum Gasteiger partial charge on any atom is -0.456 e. The molecule has 0 unspecified atom stereocenters. The van der Waals surface area contributed by atoms with Crippen molar-refractivity contribution in [1.29, 1.82) is 0 Å². The van der Waals surface area contributed by atoms with E-state index in [0.29, 0.717) is 17.5 Å². The Morgan fingerprint density at radius 1 is 0.343 bits per heavy atom. The van der Waals surface area contributed by atoms with Crippen LogP contribution in [0.2, 0.25) is 0 Å². The Hall–Kier alpha value is -9.39. The fourth-order valence-corrected chi connectivity index (χ4v) is 11.5. The summed E-state index contributed by atoms with van der Waals surface area (Å²) in [6, 6.07) is 81.2. The number of furan rings is 2. The number of benzene rings is 10. The summed E-state index contributed by atoms with van der Waals surface area (Å²) in [6.07, 6.45) is 0. The number of nitrogens with zero attached hydrogens (tertiary/aromatic N) is 4.